The first-order valence-corrected chi connectivity index (χ1v) is 9.08. The molecule has 0 saturated heterocycles. The molecule has 0 aliphatic rings. The van der Waals surface area contributed by atoms with E-state index < -0.39 is 0 Å². The molecule has 3 aromatic heterocycles. The first kappa shape index (κ1) is 17.2. The largest absolute Gasteiger partial charge is 0.465 e. The van der Waals surface area contributed by atoms with E-state index in [1.165, 1.54) is 18.4 Å². The van der Waals surface area contributed by atoms with Gasteiger partial charge in [0.1, 0.15) is 21.3 Å². The van der Waals surface area contributed by atoms with Crippen LogP contribution in [0.25, 0.3) is 21.3 Å². The molecule has 3 N–H and O–H groups in total. The third-order valence-corrected chi connectivity index (χ3v) is 5.48. The van der Waals surface area contributed by atoms with E-state index in [-0.39, 0.29) is 11.7 Å². The molecule has 8 nitrogen and oxygen atoms in total. The van der Waals surface area contributed by atoms with Crippen LogP contribution in [0.3, 0.4) is 0 Å². The average molecular weight is 383 g/mol. The number of hydrogen-bond acceptors (Lipinski definition) is 7. The Morgan fingerprint density at radius 2 is 2.00 bits per heavy atom. The molecule has 0 spiro atoms. The van der Waals surface area contributed by atoms with Crippen molar-refractivity contribution in [2.45, 2.75) is 20.4 Å². The highest BCUT2D eigenvalue weighted by atomic mass is 32.1. The minimum Gasteiger partial charge on any atom is -0.465 e. The number of anilines is 1. The SMILES string of the molecule is COC(=O)c1sc2nc(C)nc(NCc3ccc4[nH]c(=O)[nH]c4c3)c2c1C. The molecule has 4 aromatic rings. The molecule has 138 valence electrons. The maximum absolute atomic E-state index is 12.0. The van der Waals surface area contributed by atoms with E-state index in [4.69, 9.17) is 4.74 Å². The number of methoxy groups -OCH3 is 1. The van der Waals surface area contributed by atoms with Crippen molar-refractivity contribution < 1.29 is 9.53 Å². The maximum atomic E-state index is 12.0. The lowest BCUT2D eigenvalue weighted by Crippen LogP contribution is -2.04. The molecular weight excluding hydrogens is 366 g/mol. The summed E-state index contributed by atoms with van der Waals surface area (Å²) >= 11 is 1.30. The first-order valence-electron chi connectivity index (χ1n) is 8.27. The van der Waals surface area contributed by atoms with Crippen LogP contribution < -0.4 is 11.0 Å². The number of carbonyl (C=O) groups is 1. The van der Waals surface area contributed by atoms with Crippen LogP contribution in [0.4, 0.5) is 5.82 Å². The van der Waals surface area contributed by atoms with Gasteiger partial charge in [0.25, 0.3) is 0 Å². The van der Waals surface area contributed by atoms with Gasteiger partial charge in [0.15, 0.2) is 0 Å². The predicted octanol–water partition coefficient (Wildman–Crippen LogP) is 2.88. The molecule has 0 bridgehead atoms. The van der Waals surface area contributed by atoms with Crippen LogP contribution in [0.1, 0.15) is 26.6 Å². The number of rotatable bonds is 4. The van der Waals surface area contributed by atoms with Crippen LogP contribution in [-0.4, -0.2) is 33.0 Å². The molecule has 27 heavy (non-hydrogen) atoms. The Morgan fingerprint density at radius 1 is 1.22 bits per heavy atom. The molecule has 0 saturated carbocycles. The number of thiophene rings is 1. The van der Waals surface area contributed by atoms with E-state index in [2.05, 4.69) is 25.3 Å². The summed E-state index contributed by atoms with van der Waals surface area (Å²) in [6.07, 6.45) is 0. The Bertz CT molecular complexity index is 1240. The lowest BCUT2D eigenvalue weighted by Gasteiger charge is -2.09. The number of nitrogens with one attached hydrogen (secondary N) is 3. The second-order valence-corrected chi connectivity index (χ2v) is 7.16. The van der Waals surface area contributed by atoms with Gasteiger partial charge in [0.05, 0.1) is 23.5 Å². The summed E-state index contributed by atoms with van der Waals surface area (Å²) in [4.78, 5) is 39.1. The molecule has 4 rings (SSSR count). The van der Waals surface area contributed by atoms with Crippen LogP contribution in [-0.2, 0) is 11.3 Å². The minimum atomic E-state index is -0.374. The lowest BCUT2D eigenvalue weighted by molar-refractivity contribution is 0.0605. The number of ether oxygens (including phenoxy) is 1. The van der Waals surface area contributed by atoms with Gasteiger partial charge >= 0.3 is 11.7 Å². The highest BCUT2D eigenvalue weighted by Crippen LogP contribution is 2.34. The van der Waals surface area contributed by atoms with Gasteiger partial charge in [-0.05, 0) is 37.1 Å². The van der Waals surface area contributed by atoms with Crippen molar-refractivity contribution in [1.82, 2.24) is 19.9 Å². The highest BCUT2D eigenvalue weighted by molar-refractivity contribution is 7.20. The van der Waals surface area contributed by atoms with E-state index in [1.807, 2.05) is 32.0 Å². The number of aryl methyl sites for hydroxylation is 2. The fourth-order valence-electron chi connectivity index (χ4n) is 3.04. The van der Waals surface area contributed by atoms with E-state index in [9.17, 15) is 9.59 Å². The molecule has 0 atom stereocenters. The van der Waals surface area contributed by atoms with Gasteiger partial charge in [0.2, 0.25) is 0 Å². The van der Waals surface area contributed by atoms with E-state index in [0.717, 1.165) is 32.4 Å². The Balaban J connectivity index is 1.70. The van der Waals surface area contributed by atoms with Crippen molar-refractivity contribution in [2.24, 2.45) is 0 Å². The van der Waals surface area contributed by atoms with Crippen LogP contribution in [0.2, 0.25) is 0 Å². The zero-order valence-electron chi connectivity index (χ0n) is 15.0. The van der Waals surface area contributed by atoms with Crippen molar-refractivity contribution in [3.63, 3.8) is 0 Å². The number of nitrogens with zero attached hydrogens (tertiary/aromatic N) is 2. The summed E-state index contributed by atoms with van der Waals surface area (Å²) in [5.41, 5.74) is 3.08. The van der Waals surface area contributed by atoms with Crippen molar-refractivity contribution in [3.8, 4) is 0 Å². The zero-order valence-corrected chi connectivity index (χ0v) is 15.8. The van der Waals surface area contributed by atoms with Crippen molar-refractivity contribution >= 4 is 44.4 Å². The first-order chi connectivity index (χ1) is 13.0. The van der Waals surface area contributed by atoms with Gasteiger partial charge in [-0.2, -0.15) is 0 Å². The smallest absolute Gasteiger partial charge is 0.348 e. The second kappa shape index (κ2) is 6.51. The number of fused-ring (bicyclic) bond motifs is 2. The Hall–Kier alpha value is -3.20. The van der Waals surface area contributed by atoms with Crippen LogP contribution in [0.5, 0.6) is 0 Å². The standard InChI is InChI=1S/C18H17N5O3S/c1-8-13-15(20-9(2)21-16(13)27-14(8)17(24)26-3)19-7-10-4-5-11-12(6-10)23-18(25)22-11/h4-6H,7H2,1-3H3,(H,19,20,21)(H2,22,23,25). The second-order valence-electron chi connectivity index (χ2n) is 6.16. The lowest BCUT2D eigenvalue weighted by atomic mass is 10.1. The molecule has 3 heterocycles. The third-order valence-electron chi connectivity index (χ3n) is 4.31. The summed E-state index contributed by atoms with van der Waals surface area (Å²) in [5.74, 6) is 0.915. The van der Waals surface area contributed by atoms with Gasteiger partial charge in [-0.3, -0.25) is 0 Å². The maximum Gasteiger partial charge on any atom is 0.348 e. The number of carbonyl (C=O) groups excluding carboxylic acids is 1. The minimum absolute atomic E-state index is 0.229. The molecule has 0 unspecified atom stereocenters. The molecule has 0 aliphatic heterocycles. The highest BCUT2D eigenvalue weighted by Gasteiger charge is 2.20. The summed E-state index contributed by atoms with van der Waals surface area (Å²) in [5, 5.41) is 4.15. The monoisotopic (exact) mass is 383 g/mol. The number of aromatic amines is 2. The number of benzene rings is 1. The molecule has 9 heteroatoms. The Kier molecular flexibility index (Phi) is 4.15. The Labute approximate surface area is 157 Å². The van der Waals surface area contributed by atoms with Crippen molar-refractivity contribution in [2.75, 3.05) is 12.4 Å². The number of hydrogen-bond donors (Lipinski definition) is 3. The quantitative estimate of drug-likeness (QED) is 0.467. The van der Waals surface area contributed by atoms with E-state index >= 15 is 0 Å². The summed E-state index contributed by atoms with van der Waals surface area (Å²) in [7, 11) is 1.36. The number of aromatic nitrogens is 4. The number of imidazole rings is 1. The topological polar surface area (TPSA) is 113 Å². The third kappa shape index (κ3) is 3.06. The normalized spacial score (nSPS) is 11.2. The fraction of sp³-hybridized carbons (Fsp3) is 0.222. The van der Waals surface area contributed by atoms with Gasteiger partial charge in [-0.25, -0.2) is 19.6 Å². The summed E-state index contributed by atoms with van der Waals surface area (Å²) in [6.45, 7) is 4.19. The van der Waals surface area contributed by atoms with Gasteiger partial charge in [-0.15, -0.1) is 11.3 Å². The Morgan fingerprint density at radius 3 is 2.78 bits per heavy atom. The molecular formula is C18H17N5O3S. The summed E-state index contributed by atoms with van der Waals surface area (Å²) < 4.78 is 4.86. The van der Waals surface area contributed by atoms with E-state index in [0.29, 0.717) is 23.1 Å². The van der Waals surface area contributed by atoms with Gasteiger partial charge in [0, 0.05) is 6.54 Å². The average Bonchev–Trinajstić information content (AvgIpc) is 3.17. The van der Waals surface area contributed by atoms with Gasteiger partial charge in [-0.1, -0.05) is 6.07 Å². The van der Waals surface area contributed by atoms with Crippen LogP contribution in [0, 0.1) is 13.8 Å². The molecule has 0 amide bonds. The van der Waals surface area contributed by atoms with Crippen molar-refractivity contribution in [1.29, 1.82) is 0 Å². The molecule has 0 radical (unpaired) electrons. The molecule has 0 fully saturated rings. The van der Waals surface area contributed by atoms with Crippen LogP contribution in [0.15, 0.2) is 23.0 Å². The number of esters is 1. The van der Waals surface area contributed by atoms with Gasteiger partial charge < -0.3 is 20.0 Å². The number of H-pyrrole nitrogens is 2. The van der Waals surface area contributed by atoms with Crippen LogP contribution >= 0.6 is 11.3 Å². The predicted molar refractivity (Wildman–Crippen MR) is 104 cm³/mol. The van der Waals surface area contributed by atoms with Crippen molar-refractivity contribution in [3.05, 3.63) is 50.5 Å². The zero-order chi connectivity index (χ0) is 19.1. The fourth-order valence-corrected chi connectivity index (χ4v) is 4.18. The molecule has 0 aliphatic carbocycles. The summed E-state index contributed by atoms with van der Waals surface area (Å²) in [6, 6.07) is 5.70. The van der Waals surface area contributed by atoms with E-state index in [1.54, 1.807) is 0 Å². The molecule has 1 aromatic carbocycles.